The first-order chi connectivity index (χ1) is 6.13. The molecule has 1 saturated heterocycles. The van der Waals surface area contributed by atoms with Crippen LogP contribution in [0.3, 0.4) is 0 Å². The third-order valence-corrected chi connectivity index (χ3v) is 2.69. The molecule has 1 aliphatic rings. The van der Waals surface area contributed by atoms with Crippen molar-refractivity contribution in [3.05, 3.63) is 14.0 Å². The number of carbonyl (C=O) groups is 1. The summed E-state index contributed by atoms with van der Waals surface area (Å²) >= 11 is 0. The van der Waals surface area contributed by atoms with Crippen molar-refractivity contribution >= 4 is 6.29 Å². The SMILES string of the molecule is COCC1(C=O)CC(C)C(C)[CH-]O1.[CH3-].[W+2]. The molecule has 0 aromatic heterocycles. The summed E-state index contributed by atoms with van der Waals surface area (Å²) in [5.41, 5.74) is -0.735. The summed E-state index contributed by atoms with van der Waals surface area (Å²) in [6.07, 6.45) is 1.59. The van der Waals surface area contributed by atoms with Crippen LogP contribution in [0.4, 0.5) is 0 Å². The van der Waals surface area contributed by atoms with Crippen molar-refractivity contribution in [1.82, 2.24) is 0 Å². The number of hydrogen-bond acceptors (Lipinski definition) is 3. The van der Waals surface area contributed by atoms with E-state index in [2.05, 4.69) is 13.8 Å². The third-order valence-electron chi connectivity index (χ3n) is 2.69. The number of ether oxygens (including phenoxy) is 2. The van der Waals surface area contributed by atoms with Crippen LogP contribution in [0.25, 0.3) is 0 Å². The molecule has 0 radical (unpaired) electrons. The van der Waals surface area contributed by atoms with Crippen LogP contribution in [-0.4, -0.2) is 25.6 Å². The van der Waals surface area contributed by atoms with E-state index in [0.717, 1.165) is 12.7 Å². The fourth-order valence-corrected chi connectivity index (χ4v) is 1.60. The van der Waals surface area contributed by atoms with E-state index in [4.69, 9.17) is 9.47 Å². The maximum atomic E-state index is 10.9. The molecule has 0 spiro atoms. The molecule has 3 nitrogen and oxygen atoms in total. The molecule has 3 atom stereocenters. The summed E-state index contributed by atoms with van der Waals surface area (Å²) < 4.78 is 10.4. The molecule has 4 heteroatoms. The molecule has 1 rings (SSSR count). The first-order valence-electron chi connectivity index (χ1n) is 4.60. The topological polar surface area (TPSA) is 35.5 Å². The van der Waals surface area contributed by atoms with Crippen LogP contribution in [0.5, 0.6) is 0 Å². The van der Waals surface area contributed by atoms with Gasteiger partial charge in [-0.15, -0.1) is 5.92 Å². The zero-order valence-corrected chi connectivity index (χ0v) is 12.8. The predicted molar refractivity (Wildman–Crippen MR) is 55.4 cm³/mol. The second kappa shape index (κ2) is 7.54. The van der Waals surface area contributed by atoms with Crippen LogP contribution in [0.2, 0.25) is 0 Å². The summed E-state index contributed by atoms with van der Waals surface area (Å²) in [5.74, 6) is 0.874. The molecule has 1 heterocycles. The van der Waals surface area contributed by atoms with Crippen molar-refractivity contribution in [2.45, 2.75) is 25.9 Å². The van der Waals surface area contributed by atoms with Crippen molar-refractivity contribution < 1.29 is 35.3 Å². The Bertz CT molecular complexity index is 187. The van der Waals surface area contributed by atoms with Crippen molar-refractivity contribution in [1.29, 1.82) is 0 Å². The number of hydrogen-bond donors (Lipinski definition) is 0. The minimum absolute atomic E-state index is 0. The zero-order valence-electron chi connectivity index (χ0n) is 9.86. The van der Waals surface area contributed by atoms with Gasteiger partial charge in [-0.3, -0.25) is 0 Å². The van der Waals surface area contributed by atoms with Crippen molar-refractivity contribution in [2.24, 2.45) is 11.8 Å². The molecule has 15 heavy (non-hydrogen) atoms. The van der Waals surface area contributed by atoms with Gasteiger partial charge in [-0.1, -0.05) is 19.8 Å². The summed E-state index contributed by atoms with van der Waals surface area (Å²) in [6, 6.07) is 0. The van der Waals surface area contributed by atoms with Gasteiger partial charge in [0.1, 0.15) is 5.60 Å². The Balaban J connectivity index is 0. The van der Waals surface area contributed by atoms with Gasteiger partial charge >= 0.3 is 21.1 Å². The molecule has 0 bridgehead atoms. The van der Waals surface area contributed by atoms with E-state index in [0.29, 0.717) is 18.4 Å². The first-order valence-corrected chi connectivity index (χ1v) is 4.60. The quantitative estimate of drug-likeness (QED) is 0.551. The Morgan fingerprint density at radius 1 is 1.60 bits per heavy atom. The Morgan fingerprint density at radius 2 is 2.20 bits per heavy atom. The van der Waals surface area contributed by atoms with Crippen molar-refractivity contribution in [2.75, 3.05) is 13.7 Å². The van der Waals surface area contributed by atoms with Crippen LogP contribution >= 0.6 is 0 Å². The van der Waals surface area contributed by atoms with Crippen molar-refractivity contribution in [3.63, 3.8) is 0 Å². The molecule has 88 valence electrons. The van der Waals surface area contributed by atoms with E-state index in [9.17, 15) is 4.79 Å². The van der Waals surface area contributed by atoms with Gasteiger partial charge in [0, 0.05) is 7.11 Å². The molecule has 0 saturated carbocycles. The van der Waals surface area contributed by atoms with Gasteiger partial charge in [0.05, 0.1) is 6.61 Å². The summed E-state index contributed by atoms with van der Waals surface area (Å²) in [7, 11) is 1.58. The molecule has 0 aromatic rings. The van der Waals surface area contributed by atoms with Gasteiger partial charge in [0.25, 0.3) is 0 Å². The fraction of sp³-hybridized carbons (Fsp3) is 0.727. The van der Waals surface area contributed by atoms with Crippen LogP contribution < -0.4 is 0 Å². The van der Waals surface area contributed by atoms with Crippen molar-refractivity contribution in [3.8, 4) is 0 Å². The Hall–Kier alpha value is 0.278. The second-order valence-electron chi connectivity index (χ2n) is 3.91. The van der Waals surface area contributed by atoms with Crippen LogP contribution in [0, 0.1) is 25.9 Å². The van der Waals surface area contributed by atoms with Gasteiger partial charge in [0.15, 0.2) is 6.29 Å². The van der Waals surface area contributed by atoms with E-state index in [1.807, 2.05) is 0 Å². The van der Waals surface area contributed by atoms with E-state index in [1.165, 1.54) is 0 Å². The minimum atomic E-state index is -0.735. The van der Waals surface area contributed by atoms with Gasteiger partial charge in [-0.05, 0) is 6.42 Å². The predicted octanol–water partition coefficient (Wildman–Crippen LogP) is 1.87. The van der Waals surface area contributed by atoms with Gasteiger partial charge < -0.3 is 21.7 Å². The average molecular weight is 384 g/mol. The van der Waals surface area contributed by atoms with E-state index in [-0.39, 0.29) is 28.5 Å². The molecule has 0 amide bonds. The smallest absolute Gasteiger partial charge is 0.540 e. The summed E-state index contributed by atoms with van der Waals surface area (Å²) in [6.45, 7) is 6.30. The molecule has 0 aromatic carbocycles. The van der Waals surface area contributed by atoms with E-state index < -0.39 is 5.60 Å². The Labute approximate surface area is 107 Å². The van der Waals surface area contributed by atoms with Crippen LogP contribution in [0.15, 0.2) is 0 Å². The molecule has 1 aliphatic heterocycles. The normalized spacial score (nSPS) is 34.9. The minimum Gasteiger partial charge on any atom is -0.540 e. The average Bonchev–Trinajstić information content (AvgIpc) is 2.12. The molecule has 0 aliphatic carbocycles. The number of rotatable bonds is 3. The van der Waals surface area contributed by atoms with E-state index >= 15 is 0 Å². The first kappa shape index (κ1) is 17.7. The largest absolute Gasteiger partial charge is 2.00 e. The van der Waals surface area contributed by atoms with Crippen LogP contribution in [0.1, 0.15) is 20.3 Å². The van der Waals surface area contributed by atoms with E-state index in [1.54, 1.807) is 13.7 Å². The third kappa shape index (κ3) is 4.34. The standard InChI is InChI=1S/C10H17O3.CH3.W/c1-8-4-10(6-11,7-12-3)13-5-9(8)2;;/h5-6,8-9H,4,7H2,1-3H3;1H3;/q2*-1;+2. The molecular weight excluding hydrogens is 364 g/mol. The second-order valence-corrected chi connectivity index (χ2v) is 3.91. The van der Waals surface area contributed by atoms with Gasteiger partial charge in [-0.2, -0.15) is 0 Å². The monoisotopic (exact) mass is 384 g/mol. The van der Waals surface area contributed by atoms with Crippen LogP contribution in [-0.2, 0) is 35.3 Å². The molecule has 0 N–H and O–H groups in total. The number of methoxy groups -OCH3 is 1. The van der Waals surface area contributed by atoms with Gasteiger partial charge in [-0.25, -0.2) is 6.61 Å². The number of aldehydes is 1. The Morgan fingerprint density at radius 3 is 2.60 bits per heavy atom. The molecule has 1 fully saturated rings. The number of carbonyl (C=O) groups excluding carboxylic acids is 1. The van der Waals surface area contributed by atoms with Gasteiger partial charge in [0.2, 0.25) is 0 Å². The maximum absolute atomic E-state index is 10.9. The molecular formula is C11H20O3W. The zero-order chi connectivity index (χ0) is 9.90. The summed E-state index contributed by atoms with van der Waals surface area (Å²) in [5, 5.41) is 0. The molecule has 3 unspecified atom stereocenters. The Kier molecular flexibility index (Phi) is 8.87. The maximum Gasteiger partial charge on any atom is 2.00 e. The summed E-state index contributed by atoms with van der Waals surface area (Å²) in [4.78, 5) is 10.9. The fourth-order valence-electron chi connectivity index (χ4n) is 1.60.